The summed E-state index contributed by atoms with van der Waals surface area (Å²) in [4.78, 5) is 15.8. The zero-order valence-corrected chi connectivity index (χ0v) is 35.6. The van der Waals surface area contributed by atoms with Crippen molar-refractivity contribution in [1.29, 1.82) is 0 Å². The Morgan fingerprint density at radius 1 is 0.385 bits per heavy atom. The van der Waals surface area contributed by atoms with E-state index in [0.29, 0.717) is 17.5 Å². The Hall–Kier alpha value is -8.45. The number of nitrogens with zero attached hydrogens (tertiary/aromatic N) is 4. The van der Waals surface area contributed by atoms with Crippen LogP contribution in [-0.4, -0.2) is 19.5 Å². The fourth-order valence-corrected chi connectivity index (χ4v) is 11.3. The molecule has 4 heterocycles. The first-order chi connectivity index (χ1) is 32.2. The lowest BCUT2D eigenvalue weighted by Crippen LogP contribution is -2.02. The van der Waals surface area contributed by atoms with Gasteiger partial charge in [0, 0.05) is 58.4 Å². The third kappa shape index (κ3) is 5.54. The van der Waals surface area contributed by atoms with Crippen molar-refractivity contribution in [3.8, 4) is 51.0 Å². The van der Waals surface area contributed by atoms with Gasteiger partial charge in [0.1, 0.15) is 11.2 Å². The quantitative estimate of drug-likeness (QED) is 0.173. The molecule has 0 amide bonds. The van der Waals surface area contributed by atoms with Gasteiger partial charge in [-0.2, -0.15) is 0 Å². The zero-order valence-electron chi connectivity index (χ0n) is 34.7. The molecular weight excluding hydrogens is 813 g/mol. The predicted octanol–water partition coefficient (Wildman–Crippen LogP) is 16.2. The van der Waals surface area contributed by atoms with Crippen LogP contribution in [0.3, 0.4) is 0 Å². The Labute approximate surface area is 376 Å². The molecule has 0 aliphatic rings. The number of fused-ring (bicyclic) bond motifs is 12. The van der Waals surface area contributed by atoms with Gasteiger partial charge in [-0.3, -0.25) is 0 Å². The number of furan rings is 1. The largest absolute Gasteiger partial charge is 0.455 e. The molecule has 0 fully saturated rings. The van der Waals surface area contributed by atoms with Crippen molar-refractivity contribution in [2.75, 3.05) is 0 Å². The third-order valence-corrected chi connectivity index (χ3v) is 14.2. The summed E-state index contributed by atoms with van der Waals surface area (Å²) in [5, 5.41) is 11.9. The lowest BCUT2D eigenvalue weighted by Gasteiger charge is -2.17. The highest BCUT2D eigenvalue weighted by Crippen LogP contribution is 2.46. The van der Waals surface area contributed by atoms with E-state index in [0.717, 1.165) is 66.5 Å². The van der Waals surface area contributed by atoms with Crippen LogP contribution in [0, 0.1) is 0 Å². The van der Waals surface area contributed by atoms with E-state index in [1.807, 2.05) is 53.8 Å². The van der Waals surface area contributed by atoms with Crippen LogP contribution in [0.1, 0.15) is 0 Å². The van der Waals surface area contributed by atoms with Crippen LogP contribution in [0.25, 0.3) is 136 Å². The summed E-state index contributed by atoms with van der Waals surface area (Å²) < 4.78 is 11.5. The molecule has 5 nitrogen and oxygen atoms in total. The maximum Gasteiger partial charge on any atom is 0.167 e. The van der Waals surface area contributed by atoms with Crippen LogP contribution >= 0.6 is 11.3 Å². The molecule has 10 aromatic carbocycles. The molecular formula is C59H34N4OS. The standard InChI is InChI=1S/C59H34N4OS/c1-2-15-36(16-3-1)57-60-58(62-59(61-57)46-24-12-23-44-42-21-9-11-26-52(42)64-55(44)46)39-29-31-50(63-49-25-10-8-20-41(49)47-32-37-17-4-5-18-38(37)34-51(47)63)48(33-39)43-22-13-27-53-54(43)45-30-28-35-14-6-7-19-40(35)56(45)65-53/h1-34H. The second kappa shape index (κ2) is 14.0. The van der Waals surface area contributed by atoms with Gasteiger partial charge in [-0.15, -0.1) is 11.3 Å². The van der Waals surface area contributed by atoms with Gasteiger partial charge in [0.2, 0.25) is 0 Å². The van der Waals surface area contributed by atoms with Crippen LogP contribution in [0.2, 0.25) is 0 Å². The smallest absolute Gasteiger partial charge is 0.167 e. The number of para-hydroxylation sites is 3. The molecule has 0 aliphatic heterocycles. The van der Waals surface area contributed by atoms with Crippen molar-refractivity contribution < 1.29 is 4.42 Å². The minimum absolute atomic E-state index is 0.552. The van der Waals surface area contributed by atoms with Crippen LogP contribution in [-0.2, 0) is 0 Å². The molecule has 0 saturated carbocycles. The molecule has 0 spiro atoms. The minimum Gasteiger partial charge on any atom is -0.455 e. The summed E-state index contributed by atoms with van der Waals surface area (Å²) in [6, 6.07) is 73.4. The second-order valence-corrected chi connectivity index (χ2v) is 17.8. The second-order valence-electron chi connectivity index (χ2n) is 16.7. The van der Waals surface area contributed by atoms with Gasteiger partial charge >= 0.3 is 0 Å². The predicted molar refractivity (Wildman–Crippen MR) is 271 cm³/mol. The number of hydrogen-bond acceptors (Lipinski definition) is 5. The average Bonchev–Trinajstić information content (AvgIpc) is 4.05. The van der Waals surface area contributed by atoms with E-state index in [1.54, 1.807) is 0 Å². The summed E-state index contributed by atoms with van der Waals surface area (Å²) in [6.45, 7) is 0. The van der Waals surface area contributed by atoms with E-state index < -0.39 is 0 Å². The first-order valence-electron chi connectivity index (χ1n) is 21.8. The molecule has 0 atom stereocenters. The summed E-state index contributed by atoms with van der Waals surface area (Å²) >= 11 is 1.86. The highest BCUT2D eigenvalue weighted by Gasteiger charge is 2.23. The highest BCUT2D eigenvalue weighted by atomic mass is 32.1. The number of thiophene rings is 1. The molecule has 302 valence electrons. The maximum atomic E-state index is 6.55. The summed E-state index contributed by atoms with van der Waals surface area (Å²) in [7, 11) is 0. The molecule has 6 heteroatoms. The Morgan fingerprint density at radius 2 is 1.06 bits per heavy atom. The Morgan fingerprint density at radius 3 is 1.94 bits per heavy atom. The van der Waals surface area contributed by atoms with Crippen LogP contribution < -0.4 is 0 Å². The van der Waals surface area contributed by atoms with Gasteiger partial charge in [0.15, 0.2) is 17.5 Å². The van der Waals surface area contributed by atoms with Gasteiger partial charge in [0.25, 0.3) is 0 Å². The number of rotatable bonds is 5. The first kappa shape index (κ1) is 36.1. The van der Waals surface area contributed by atoms with Gasteiger partial charge < -0.3 is 8.98 Å². The van der Waals surface area contributed by atoms with Crippen LogP contribution in [0.4, 0.5) is 0 Å². The lowest BCUT2D eigenvalue weighted by molar-refractivity contribution is 0.669. The SMILES string of the molecule is c1ccc(-c2nc(-c3ccc(-n4c5ccccc5c5cc6ccccc6cc54)c(-c4cccc5sc6c7ccccc7ccc6c45)c3)nc(-c3cccc4c3oc3ccccc34)n2)cc1. The van der Waals surface area contributed by atoms with E-state index in [1.165, 1.54) is 52.5 Å². The van der Waals surface area contributed by atoms with Crippen molar-refractivity contribution in [3.05, 3.63) is 206 Å². The molecule has 0 saturated heterocycles. The van der Waals surface area contributed by atoms with Gasteiger partial charge in [0.05, 0.1) is 22.3 Å². The van der Waals surface area contributed by atoms with Gasteiger partial charge in [-0.1, -0.05) is 152 Å². The van der Waals surface area contributed by atoms with E-state index in [9.17, 15) is 0 Å². The molecule has 0 aliphatic carbocycles. The molecule has 0 unspecified atom stereocenters. The molecule has 65 heavy (non-hydrogen) atoms. The monoisotopic (exact) mass is 846 g/mol. The van der Waals surface area contributed by atoms with Crippen molar-refractivity contribution in [2.24, 2.45) is 0 Å². The van der Waals surface area contributed by atoms with E-state index >= 15 is 0 Å². The zero-order chi connectivity index (χ0) is 42.6. The van der Waals surface area contributed by atoms with E-state index in [-0.39, 0.29) is 0 Å². The van der Waals surface area contributed by atoms with Crippen molar-refractivity contribution in [2.45, 2.75) is 0 Å². The topological polar surface area (TPSA) is 56.7 Å². The van der Waals surface area contributed by atoms with Gasteiger partial charge in [-0.25, -0.2) is 15.0 Å². The summed E-state index contributed by atoms with van der Waals surface area (Å²) in [6.07, 6.45) is 0. The first-order valence-corrected chi connectivity index (χ1v) is 22.7. The fourth-order valence-electron chi connectivity index (χ4n) is 10.0. The van der Waals surface area contributed by atoms with Crippen LogP contribution in [0.15, 0.2) is 211 Å². The molecule has 0 radical (unpaired) electrons. The minimum atomic E-state index is 0.552. The summed E-state index contributed by atoms with van der Waals surface area (Å²) in [5.74, 6) is 1.73. The summed E-state index contributed by atoms with van der Waals surface area (Å²) in [5.41, 5.74) is 9.80. The van der Waals surface area contributed by atoms with Gasteiger partial charge in [-0.05, 0) is 81.7 Å². The number of hydrogen-bond donors (Lipinski definition) is 0. The maximum absolute atomic E-state index is 6.55. The third-order valence-electron chi connectivity index (χ3n) is 13.0. The lowest BCUT2D eigenvalue weighted by atomic mass is 9.95. The highest BCUT2D eigenvalue weighted by molar-refractivity contribution is 7.26. The Kier molecular flexibility index (Phi) is 7.79. The normalized spacial score (nSPS) is 12.0. The van der Waals surface area contributed by atoms with Crippen molar-refractivity contribution >= 4 is 96.8 Å². The van der Waals surface area contributed by atoms with Crippen LogP contribution in [0.5, 0.6) is 0 Å². The molecule has 4 aromatic heterocycles. The number of aromatic nitrogens is 4. The molecule has 0 N–H and O–H groups in total. The molecule has 14 aromatic rings. The van der Waals surface area contributed by atoms with E-state index in [2.05, 4.69) is 168 Å². The van der Waals surface area contributed by atoms with Crippen molar-refractivity contribution in [1.82, 2.24) is 19.5 Å². The number of benzene rings is 10. The Bertz CT molecular complexity index is 4260. The fraction of sp³-hybridized carbons (Fsp3) is 0. The van der Waals surface area contributed by atoms with Crippen molar-refractivity contribution in [3.63, 3.8) is 0 Å². The average molecular weight is 847 g/mol. The molecule has 0 bridgehead atoms. The Balaban J connectivity index is 1.07. The molecule has 14 rings (SSSR count). The van der Waals surface area contributed by atoms with E-state index in [4.69, 9.17) is 19.4 Å².